The van der Waals surface area contributed by atoms with Gasteiger partial charge in [0.1, 0.15) is 5.75 Å². The number of carbonyl (C=O) groups excluding carboxylic acids is 1. The van der Waals surface area contributed by atoms with Crippen molar-refractivity contribution in [2.24, 2.45) is 7.05 Å². The van der Waals surface area contributed by atoms with E-state index in [1.54, 1.807) is 12.0 Å². The van der Waals surface area contributed by atoms with Crippen LogP contribution >= 0.6 is 11.8 Å². The second-order valence-electron chi connectivity index (χ2n) is 7.15. The number of methoxy groups -OCH3 is 1. The molecule has 31 heavy (non-hydrogen) atoms. The number of rotatable bonds is 8. The Morgan fingerprint density at radius 3 is 2.58 bits per heavy atom. The zero-order chi connectivity index (χ0) is 22.4. The molecule has 0 aliphatic carbocycles. The molecular weight excluding hydrogens is 410 g/mol. The van der Waals surface area contributed by atoms with E-state index in [-0.39, 0.29) is 18.1 Å². The second kappa shape index (κ2) is 10.1. The summed E-state index contributed by atoms with van der Waals surface area (Å²) in [6.07, 6.45) is 0.269. The lowest BCUT2D eigenvalue weighted by molar-refractivity contribution is -0.116. The molecular formula is C23H25N5O2S. The van der Waals surface area contributed by atoms with Crippen LogP contribution in [-0.2, 0) is 11.8 Å². The first-order valence-corrected chi connectivity index (χ1v) is 10.8. The number of thioether (sulfide) groups is 1. The first-order chi connectivity index (χ1) is 14.9. The van der Waals surface area contributed by atoms with Crippen LogP contribution in [0.1, 0.15) is 17.5 Å². The highest BCUT2D eigenvalue weighted by molar-refractivity contribution is 7.99. The minimum Gasteiger partial charge on any atom is -0.496 e. The number of aromatic nitrogens is 3. The highest BCUT2D eigenvalue weighted by atomic mass is 32.2. The van der Waals surface area contributed by atoms with E-state index in [0.717, 1.165) is 22.4 Å². The van der Waals surface area contributed by atoms with Crippen molar-refractivity contribution in [1.82, 2.24) is 14.8 Å². The number of para-hydroxylation sites is 1. The van der Waals surface area contributed by atoms with Gasteiger partial charge in [0.2, 0.25) is 5.91 Å². The van der Waals surface area contributed by atoms with Crippen LogP contribution in [-0.4, -0.2) is 40.1 Å². The molecule has 0 unspecified atom stereocenters. The molecule has 3 rings (SSSR count). The van der Waals surface area contributed by atoms with Gasteiger partial charge in [0.05, 0.1) is 30.9 Å². The Hall–Kier alpha value is -3.31. The lowest BCUT2D eigenvalue weighted by Crippen LogP contribution is -2.33. The number of aryl methyl sites for hydroxylation is 2. The van der Waals surface area contributed by atoms with Crippen molar-refractivity contribution >= 4 is 23.4 Å². The lowest BCUT2D eigenvalue weighted by Gasteiger charge is -2.22. The van der Waals surface area contributed by atoms with Crippen LogP contribution in [0.15, 0.2) is 47.6 Å². The topological polar surface area (TPSA) is 84.0 Å². The molecule has 0 aliphatic heterocycles. The molecule has 1 amide bonds. The maximum atomic E-state index is 13.1. The molecule has 3 aromatic rings. The Morgan fingerprint density at radius 1 is 1.19 bits per heavy atom. The van der Waals surface area contributed by atoms with Gasteiger partial charge in [-0.2, -0.15) is 5.26 Å². The van der Waals surface area contributed by atoms with Gasteiger partial charge in [0.15, 0.2) is 11.0 Å². The molecule has 0 bridgehead atoms. The monoisotopic (exact) mass is 435 g/mol. The number of hydrogen-bond donors (Lipinski definition) is 0. The van der Waals surface area contributed by atoms with Crippen molar-refractivity contribution in [3.8, 4) is 23.2 Å². The summed E-state index contributed by atoms with van der Waals surface area (Å²) in [5.74, 6) is 1.49. The van der Waals surface area contributed by atoms with Gasteiger partial charge in [0, 0.05) is 19.3 Å². The molecule has 2 aromatic carbocycles. The Bertz CT molecular complexity index is 1100. The van der Waals surface area contributed by atoms with Crippen molar-refractivity contribution in [3.05, 3.63) is 53.6 Å². The van der Waals surface area contributed by atoms with Gasteiger partial charge in [0.25, 0.3) is 0 Å². The Kier molecular flexibility index (Phi) is 7.32. The number of carbonyl (C=O) groups is 1. The molecule has 8 heteroatoms. The first kappa shape index (κ1) is 22.4. The van der Waals surface area contributed by atoms with Crippen LogP contribution in [0.5, 0.6) is 5.75 Å². The molecule has 0 fully saturated rings. The van der Waals surface area contributed by atoms with E-state index in [1.807, 2.05) is 61.9 Å². The van der Waals surface area contributed by atoms with Gasteiger partial charge in [-0.15, -0.1) is 10.2 Å². The minimum absolute atomic E-state index is 0.0768. The molecule has 0 N–H and O–H groups in total. The van der Waals surface area contributed by atoms with E-state index in [4.69, 9.17) is 10.00 Å². The fourth-order valence-corrected chi connectivity index (χ4v) is 4.16. The van der Waals surface area contributed by atoms with Crippen molar-refractivity contribution in [2.75, 3.05) is 24.3 Å². The minimum atomic E-state index is -0.0768. The number of benzene rings is 2. The number of ether oxygens (including phenoxy) is 1. The van der Waals surface area contributed by atoms with Crippen LogP contribution in [0.4, 0.5) is 5.69 Å². The summed E-state index contributed by atoms with van der Waals surface area (Å²) in [5.41, 5.74) is 3.80. The average Bonchev–Trinajstić information content (AvgIpc) is 3.12. The first-order valence-electron chi connectivity index (χ1n) is 9.85. The molecule has 0 spiro atoms. The normalized spacial score (nSPS) is 10.5. The molecule has 1 heterocycles. The predicted molar refractivity (Wildman–Crippen MR) is 122 cm³/mol. The molecule has 0 aliphatic rings. The van der Waals surface area contributed by atoms with E-state index >= 15 is 0 Å². The summed E-state index contributed by atoms with van der Waals surface area (Å²) in [7, 11) is 3.48. The van der Waals surface area contributed by atoms with Gasteiger partial charge in [-0.25, -0.2) is 0 Å². The van der Waals surface area contributed by atoms with Gasteiger partial charge >= 0.3 is 0 Å². The highest BCUT2D eigenvalue weighted by Crippen LogP contribution is 2.30. The summed E-state index contributed by atoms with van der Waals surface area (Å²) in [6.45, 7) is 4.35. The van der Waals surface area contributed by atoms with E-state index in [0.29, 0.717) is 23.3 Å². The summed E-state index contributed by atoms with van der Waals surface area (Å²) >= 11 is 1.32. The molecule has 7 nitrogen and oxygen atoms in total. The standard InChI is InChI=1S/C23H25N5O2S/c1-16-12-17(2)14-18(13-16)28(11-7-10-24)21(29)15-31-23-26-25-22(27(23)3)19-8-5-6-9-20(19)30-4/h5-6,8-9,12-14H,7,11,15H2,1-4H3. The highest BCUT2D eigenvalue weighted by Gasteiger charge is 2.20. The Morgan fingerprint density at radius 2 is 1.90 bits per heavy atom. The molecule has 1 aromatic heterocycles. The van der Waals surface area contributed by atoms with Crippen molar-refractivity contribution < 1.29 is 9.53 Å². The maximum absolute atomic E-state index is 13.1. The van der Waals surface area contributed by atoms with Crippen LogP contribution in [0.25, 0.3) is 11.4 Å². The summed E-state index contributed by atoms with van der Waals surface area (Å²) in [6, 6.07) is 15.7. The number of hydrogen-bond acceptors (Lipinski definition) is 6. The molecule has 160 valence electrons. The number of nitriles is 1. The Balaban J connectivity index is 1.78. The number of amides is 1. The summed E-state index contributed by atoms with van der Waals surface area (Å²) in [4.78, 5) is 14.7. The van der Waals surface area contributed by atoms with Gasteiger partial charge in [-0.3, -0.25) is 4.79 Å². The second-order valence-corrected chi connectivity index (χ2v) is 8.10. The third-order valence-corrected chi connectivity index (χ3v) is 5.78. The predicted octanol–water partition coefficient (Wildman–Crippen LogP) is 4.15. The maximum Gasteiger partial charge on any atom is 0.237 e. The largest absolute Gasteiger partial charge is 0.496 e. The quantitative estimate of drug-likeness (QED) is 0.494. The fourth-order valence-electron chi connectivity index (χ4n) is 3.37. The van der Waals surface area contributed by atoms with Crippen molar-refractivity contribution in [3.63, 3.8) is 0 Å². The van der Waals surface area contributed by atoms with Crippen molar-refractivity contribution in [1.29, 1.82) is 5.26 Å². The number of anilines is 1. The van der Waals surface area contributed by atoms with Gasteiger partial charge in [-0.05, 0) is 49.2 Å². The zero-order valence-electron chi connectivity index (χ0n) is 18.1. The summed E-state index contributed by atoms with van der Waals surface area (Å²) in [5, 5.41) is 18.2. The van der Waals surface area contributed by atoms with Crippen LogP contribution in [0.3, 0.4) is 0 Å². The van der Waals surface area contributed by atoms with Crippen LogP contribution in [0, 0.1) is 25.2 Å². The third-order valence-electron chi connectivity index (χ3n) is 4.77. The molecule has 0 atom stereocenters. The van der Waals surface area contributed by atoms with Gasteiger partial charge < -0.3 is 14.2 Å². The number of nitrogens with zero attached hydrogens (tertiary/aromatic N) is 5. The van der Waals surface area contributed by atoms with Crippen molar-refractivity contribution in [2.45, 2.75) is 25.4 Å². The molecule has 0 radical (unpaired) electrons. The SMILES string of the molecule is COc1ccccc1-c1nnc(SCC(=O)N(CCC#N)c2cc(C)cc(C)c2)n1C. The Labute approximate surface area is 186 Å². The van der Waals surface area contributed by atoms with Crippen LogP contribution in [0.2, 0.25) is 0 Å². The van der Waals surface area contributed by atoms with E-state index in [1.165, 1.54) is 11.8 Å². The summed E-state index contributed by atoms with van der Waals surface area (Å²) < 4.78 is 7.28. The van der Waals surface area contributed by atoms with E-state index in [9.17, 15) is 4.79 Å². The molecule has 0 saturated heterocycles. The van der Waals surface area contributed by atoms with E-state index in [2.05, 4.69) is 22.3 Å². The van der Waals surface area contributed by atoms with Crippen LogP contribution < -0.4 is 9.64 Å². The lowest BCUT2D eigenvalue weighted by atomic mass is 10.1. The van der Waals surface area contributed by atoms with Gasteiger partial charge in [-0.1, -0.05) is 30.0 Å². The molecule has 0 saturated carbocycles. The zero-order valence-corrected chi connectivity index (χ0v) is 18.9. The smallest absolute Gasteiger partial charge is 0.237 e. The average molecular weight is 436 g/mol. The third kappa shape index (κ3) is 5.25. The van der Waals surface area contributed by atoms with E-state index < -0.39 is 0 Å². The fraction of sp³-hybridized carbons (Fsp3) is 0.304.